The van der Waals surface area contributed by atoms with Gasteiger partial charge in [0.1, 0.15) is 28.6 Å². The molecule has 0 radical (unpaired) electrons. The highest BCUT2D eigenvalue weighted by Gasteiger charge is 2.56. The van der Waals surface area contributed by atoms with E-state index in [4.69, 9.17) is 0 Å². The van der Waals surface area contributed by atoms with Gasteiger partial charge in [-0.1, -0.05) is 18.2 Å². The lowest BCUT2D eigenvalue weighted by Crippen LogP contribution is -2.40. The second kappa shape index (κ2) is 6.58. The predicted molar refractivity (Wildman–Crippen MR) is 84.9 cm³/mol. The summed E-state index contributed by atoms with van der Waals surface area (Å²) in [5, 5.41) is 4.78. The fourth-order valence-corrected chi connectivity index (χ4v) is 2.49. The third-order valence-electron chi connectivity index (χ3n) is 4.19. The van der Waals surface area contributed by atoms with Crippen molar-refractivity contribution < 1.29 is 22.8 Å². The summed E-state index contributed by atoms with van der Waals surface area (Å²) >= 11 is 0. The molecule has 0 saturated heterocycles. The Labute approximate surface area is 142 Å². The fourth-order valence-electron chi connectivity index (χ4n) is 2.49. The smallest absolute Gasteiger partial charge is 0.240 e. The molecule has 2 aromatic rings. The molecule has 0 atom stereocenters. The molecule has 130 valence electrons. The number of amides is 2. The van der Waals surface area contributed by atoms with Crippen LogP contribution < -0.4 is 10.6 Å². The molecule has 0 aliphatic heterocycles. The number of halogens is 3. The van der Waals surface area contributed by atoms with Crippen molar-refractivity contribution in [2.75, 3.05) is 5.32 Å². The van der Waals surface area contributed by atoms with E-state index in [9.17, 15) is 22.8 Å². The zero-order valence-electron chi connectivity index (χ0n) is 13.1. The monoisotopic (exact) mass is 348 g/mol. The lowest BCUT2D eigenvalue weighted by molar-refractivity contribution is -0.134. The lowest BCUT2D eigenvalue weighted by Gasteiger charge is -2.16. The average molecular weight is 348 g/mol. The molecule has 25 heavy (non-hydrogen) atoms. The maximum atomic E-state index is 13.6. The van der Waals surface area contributed by atoms with E-state index >= 15 is 0 Å². The molecule has 1 aliphatic carbocycles. The van der Waals surface area contributed by atoms with Crippen molar-refractivity contribution >= 4 is 17.5 Å². The van der Waals surface area contributed by atoms with Crippen molar-refractivity contribution in [3.8, 4) is 0 Å². The van der Waals surface area contributed by atoms with Crippen LogP contribution in [0.2, 0.25) is 0 Å². The molecule has 0 spiro atoms. The highest BCUT2D eigenvalue weighted by Crippen LogP contribution is 2.47. The van der Waals surface area contributed by atoms with E-state index in [0.717, 1.165) is 12.1 Å². The summed E-state index contributed by atoms with van der Waals surface area (Å²) in [6.45, 7) is 0.127. The molecule has 2 amide bonds. The number of rotatable bonds is 5. The van der Waals surface area contributed by atoms with Crippen molar-refractivity contribution in [2.45, 2.75) is 19.4 Å². The van der Waals surface area contributed by atoms with Gasteiger partial charge in [0.25, 0.3) is 0 Å². The number of nitrogens with one attached hydrogen (secondary N) is 2. The van der Waals surface area contributed by atoms with Crippen molar-refractivity contribution in [1.82, 2.24) is 5.32 Å². The molecule has 4 nitrogen and oxygen atoms in total. The van der Waals surface area contributed by atoms with Gasteiger partial charge in [0.15, 0.2) is 0 Å². The van der Waals surface area contributed by atoms with Gasteiger partial charge in [-0.05, 0) is 42.7 Å². The molecule has 0 heterocycles. The van der Waals surface area contributed by atoms with Crippen LogP contribution in [0.4, 0.5) is 18.9 Å². The molecule has 1 fully saturated rings. The Morgan fingerprint density at radius 3 is 2.08 bits per heavy atom. The largest absolute Gasteiger partial charge is 0.351 e. The van der Waals surface area contributed by atoms with Crippen LogP contribution in [0.1, 0.15) is 18.4 Å². The third-order valence-corrected chi connectivity index (χ3v) is 4.19. The lowest BCUT2D eigenvalue weighted by atomic mass is 10.0. The molecule has 2 N–H and O–H groups in total. The quantitative estimate of drug-likeness (QED) is 0.816. The standard InChI is InChI=1S/C18H15F3N2O2/c19-12-6-4-11(5-7-12)10-22-16(24)18(8-9-18)17(25)23-15-13(20)2-1-3-14(15)21/h1-7H,8-10H2,(H,22,24)(H,23,25). The Balaban J connectivity index is 1.65. The van der Waals surface area contributed by atoms with Crippen LogP contribution >= 0.6 is 0 Å². The van der Waals surface area contributed by atoms with Crippen molar-refractivity contribution in [2.24, 2.45) is 5.41 Å². The minimum Gasteiger partial charge on any atom is -0.351 e. The van der Waals surface area contributed by atoms with Gasteiger partial charge in [0.05, 0.1) is 0 Å². The molecule has 3 rings (SSSR count). The summed E-state index contributed by atoms with van der Waals surface area (Å²) in [4.78, 5) is 24.7. The van der Waals surface area contributed by atoms with E-state index in [1.54, 1.807) is 0 Å². The van der Waals surface area contributed by atoms with Gasteiger partial charge in [-0.2, -0.15) is 0 Å². The first-order valence-electron chi connectivity index (χ1n) is 7.70. The highest BCUT2D eigenvalue weighted by molar-refractivity contribution is 6.13. The number of para-hydroxylation sites is 1. The van der Waals surface area contributed by atoms with Crippen LogP contribution in [-0.4, -0.2) is 11.8 Å². The first-order chi connectivity index (χ1) is 11.9. The molecule has 0 bridgehead atoms. The molecular weight excluding hydrogens is 333 g/mol. The molecule has 2 aromatic carbocycles. The SMILES string of the molecule is O=C(NCc1ccc(F)cc1)C1(C(=O)Nc2c(F)cccc2F)CC1. The average Bonchev–Trinajstić information content (AvgIpc) is 3.39. The maximum Gasteiger partial charge on any atom is 0.240 e. The summed E-state index contributed by atoms with van der Waals surface area (Å²) in [6, 6.07) is 8.79. The molecule has 1 saturated carbocycles. The minimum atomic E-state index is -1.32. The summed E-state index contributed by atoms with van der Waals surface area (Å²) < 4.78 is 40.1. The zero-order valence-corrected chi connectivity index (χ0v) is 13.1. The van der Waals surface area contributed by atoms with Crippen molar-refractivity contribution in [1.29, 1.82) is 0 Å². The van der Waals surface area contributed by atoms with Crippen LogP contribution in [-0.2, 0) is 16.1 Å². The van der Waals surface area contributed by atoms with E-state index in [2.05, 4.69) is 10.6 Å². The number of carbonyl (C=O) groups excluding carboxylic acids is 2. The summed E-state index contributed by atoms with van der Waals surface area (Å²) in [5.74, 6) is -3.47. The predicted octanol–water partition coefficient (Wildman–Crippen LogP) is 3.14. The van der Waals surface area contributed by atoms with Crippen molar-refractivity contribution in [3.63, 3.8) is 0 Å². The second-order valence-electron chi connectivity index (χ2n) is 5.94. The van der Waals surface area contributed by atoms with E-state index in [1.165, 1.54) is 30.3 Å². The molecule has 1 aliphatic rings. The number of carbonyl (C=O) groups is 2. The van der Waals surface area contributed by atoms with Gasteiger partial charge >= 0.3 is 0 Å². The highest BCUT2D eigenvalue weighted by atomic mass is 19.1. The van der Waals surface area contributed by atoms with Crippen LogP contribution in [0.15, 0.2) is 42.5 Å². The zero-order chi connectivity index (χ0) is 18.0. The Bertz CT molecular complexity index is 797. The minimum absolute atomic E-state index is 0.127. The first-order valence-corrected chi connectivity index (χ1v) is 7.70. The normalized spacial score (nSPS) is 14.7. The van der Waals surface area contributed by atoms with Gasteiger partial charge in [-0.25, -0.2) is 13.2 Å². The van der Waals surface area contributed by atoms with Gasteiger partial charge in [0.2, 0.25) is 11.8 Å². The molecule has 0 aromatic heterocycles. The van der Waals surface area contributed by atoms with Crippen LogP contribution in [0, 0.1) is 22.9 Å². The summed E-state index contributed by atoms with van der Waals surface area (Å²) in [6.07, 6.45) is 0.592. The fraction of sp³-hybridized carbons (Fsp3) is 0.222. The van der Waals surface area contributed by atoms with Gasteiger partial charge in [-0.15, -0.1) is 0 Å². The summed E-state index contributed by atoms with van der Waals surface area (Å²) in [7, 11) is 0. The molecule has 0 unspecified atom stereocenters. The number of hydrogen-bond donors (Lipinski definition) is 2. The van der Waals surface area contributed by atoms with E-state index in [-0.39, 0.29) is 12.4 Å². The topological polar surface area (TPSA) is 58.2 Å². The van der Waals surface area contributed by atoms with Crippen LogP contribution in [0.25, 0.3) is 0 Å². The van der Waals surface area contributed by atoms with E-state index in [1.807, 2.05) is 0 Å². The maximum absolute atomic E-state index is 13.6. The summed E-state index contributed by atoms with van der Waals surface area (Å²) in [5.41, 5.74) is -1.22. The third kappa shape index (κ3) is 3.50. The van der Waals surface area contributed by atoms with Crippen LogP contribution in [0.3, 0.4) is 0 Å². The Kier molecular flexibility index (Phi) is 4.48. The van der Waals surface area contributed by atoms with E-state index in [0.29, 0.717) is 18.4 Å². The van der Waals surface area contributed by atoms with Crippen molar-refractivity contribution in [3.05, 3.63) is 65.5 Å². The van der Waals surface area contributed by atoms with Crippen LogP contribution in [0.5, 0.6) is 0 Å². The molecule has 7 heteroatoms. The second-order valence-corrected chi connectivity index (χ2v) is 5.94. The Morgan fingerprint density at radius 1 is 0.920 bits per heavy atom. The molecular formula is C18H15F3N2O2. The number of benzene rings is 2. The Morgan fingerprint density at radius 2 is 1.52 bits per heavy atom. The van der Waals surface area contributed by atoms with Gasteiger partial charge < -0.3 is 10.6 Å². The Hall–Kier alpha value is -2.83. The number of hydrogen-bond acceptors (Lipinski definition) is 2. The van der Waals surface area contributed by atoms with Gasteiger partial charge in [0, 0.05) is 6.54 Å². The number of anilines is 1. The van der Waals surface area contributed by atoms with Gasteiger partial charge in [-0.3, -0.25) is 9.59 Å². The van der Waals surface area contributed by atoms with E-state index < -0.39 is 34.6 Å². The first kappa shape index (κ1) is 17.0.